The summed E-state index contributed by atoms with van der Waals surface area (Å²) in [5.74, 6) is 1.58. The molecule has 0 aliphatic rings. The number of fused-ring (bicyclic) bond motifs is 3. The van der Waals surface area contributed by atoms with E-state index in [1.807, 2.05) is 121 Å². The Bertz CT molecular complexity index is 2150. The Morgan fingerprint density at radius 2 is 0.826 bits per heavy atom. The second kappa shape index (κ2) is 10.6. The summed E-state index contributed by atoms with van der Waals surface area (Å²) >= 11 is 0. The van der Waals surface area contributed by atoms with Crippen LogP contribution in [0.2, 0.25) is 0 Å². The molecule has 5 aromatic carbocycles. The van der Waals surface area contributed by atoms with Crippen LogP contribution in [0.4, 0.5) is 17.1 Å². The monoisotopic (exact) mass is 597 g/mol. The maximum absolute atomic E-state index is 6.13. The maximum atomic E-state index is 6.13. The molecule has 4 aromatic heterocycles. The van der Waals surface area contributed by atoms with E-state index in [4.69, 9.17) is 28.2 Å². The van der Waals surface area contributed by atoms with Crippen LogP contribution in [0.3, 0.4) is 0 Å². The summed E-state index contributed by atoms with van der Waals surface area (Å²) in [5, 5.41) is 0. The predicted molar refractivity (Wildman–Crippen MR) is 178 cm³/mol. The molecular weight excluding hydrogens is 574 g/mol. The van der Waals surface area contributed by atoms with Crippen LogP contribution in [0.15, 0.2) is 153 Å². The standard InChI is InChI=1S/C38H23N5O3/c1-4-16-33-30(13-1)40-36(44-33)24-9-7-11-27(19-24)43(28-12-8-10-25(20-28)37-41-31-14-2-5-17-34(31)45-37)29-21-26(22-39-23-29)38-42-32-15-3-6-18-35(32)46-38/h1-23H. The van der Waals surface area contributed by atoms with Gasteiger partial charge in [0.2, 0.25) is 17.7 Å². The van der Waals surface area contributed by atoms with E-state index < -0.39 is 0 Å². The van der Waals surface area contributed by atoms with Gasteiger partial charge in [0.15, 0.2) is 16.7 Å². The quantitative estimate of drug-likeness (QED) is 0.187. The van der Waals surface area contributed by atoms with Gasteiger partial charge in [-0.2, -0.15) is 0 Å². The fourth-order valence-electron chi connectivity index (χ4n) is 5.66. The number of nitrogens with zero attached hydrogens (tertiary/aromatic N) is 5. The van der Waals surface area contributed by atoms with Crippen molar-refractivity contribution < 1.29 is 13.3 Å². The molecule has 0 spiro atoms. The van der Waals surface area contributed by atoms with Gasteiger partial charge in [-0.15, -0.1) is 0 Å². The molecule has 46 heavy (non-hydrogen) atoms. The second-order valence-corrected chi connectivity index (χ2v) is 10.8. The van der Waals surface area contributed by atoms with Gasteiger partial charge in [-0.25, -0.2) is 15.0 Å². The van der Waals surface area contributed by atoms with Crippen molar-refractivity contribution in [2.45, 2.75) is 0 Å². The number of benzene rings is 5. The highest BCUT2D eigenvalue weighted by molar-refractivity contribution is 5.84. The minimum Gasteiger partial charge on any atom is -0.436 e. The SMILES string of the molecule is c1cc(-c2nc3ccccc3o2)cc(N(c2cccc(-c3nc4ccccc4o3)c2)c2cncc(-c3nc4ccccc4o3)c2)c1. The highest BCUT2D eigenvalue weighted by Crippen LogP contribution is 2.39. The summed E-state index contributed by atoms with van der Waals surface area (Å²) in [4.78, 5) is 20.9. The van der Waals surface area contributed by atoms with E-state index in [0.717, 1.165) is 67.1 Å². The van der Waals surface area contributed by atoms with Gasteiger partial charge in [-0.3, -0.25) is 4.98 Å². The molecule has 0 radical (unpaired) electrons. The molecular formula is C38H23N5O3. The molecule has 0 aliphatic carbocycles. The minimum atomic E-state index is 0.496. The molecule has 0 amide bonds. The van der Waals surface area contributed by atoms with Crippen LogP contribution in [-0.2, 0) is 0 Å². The number of oxazole rings is 3. The highest BCUT2D eigenvalue weighted by atomic mass is 16.4. The fourth-order valence-corrected chi connectivity index (χ4v) is 5.66. The van der Waals surface area contributed by atoms with Gasteiger partial charge in [0.25, 0.3) is 0 Å². The molecule has 4 heterocycles. The van der Waals surface area contributed by atoms with Crippen LogP contribution in [0, 0.1) is 0 Å². The third kappa shape index (κ3) is 4.56. The minimum absolute atomic E-state index is 0.496. The Balaban J connectivity index is 1.19. The summed E-state index contributed by atoms with van der Waals surface area (Å²) in [6.45, 7) is 0. The molecule has 0 atom stereocenters. The number of hydrogen-bond donors (Lipinski definition) is 0. The third-order valence-electron chi connectivity index (χ3n) is 7.81. The predicted octanol–water partition coefficient (Wildman–Crippen LogP) is 9.98. The number of anilines is 3. The van der Waals surface area contributed by atoms with Crippen LogP contribution in [-0.4, -0.2) is 19.9 Å². The molecule has 8 nitrogen and oxygen atoms in total. The van der Waals surface area contributed by atoms with Crippen LogP contribution in [0.5, 0.6) is 0 Å². The van der Waals surface area contributed by atoms with Gasteiger partial charge in [0.05, 0.1) is 17.4 Å². The lowest BCUT2D eigenvalue weighted by molar-refractivity contribution is 0.619. The van der Waals surface area contributed by atoms with Crippen molar-refractivity contribution in [3.63, 3.8) is 0 Å². The lowest BCUT2D eigenvalue weighted by Gasteiger charge is -2.26. The van der Waals surface area contributed by atoms with Gasteiger partial charge < -0.3 is 18.2 Å². The van der Waals surface area contributed by atoms with Crippen LogP contribution < -0.4 is 4.90 Å². The average molecular weight is 598 g/mol. The first-order valence-electron chi connectivity index (χ1n) is 14.8. The Labute approximate surface area is 262 Å². The average Bonchev–Trinajstić information content (AvgIpc) is 3.86. The summed E-state index contributed by atoms with van der Waals surface area (Å²) in [6.07, 6.45) is 3.58. The van der Waals surface area contributed by atoms with Crippen molar-refractivity contribution >= 4 is 50.4 Å². The Kier molecular flexibility index (Phi) is 5.95. The van der Waals surface area contributed by atoms with Crippen molar-refractivity contribution in [3.05, 3.63) is 140 Å². The molecule has 0 saturated heterocycles. The molecule has 8 heteroatoms. The van der Waals surface area contributed by atoms with E-state index in [-0.39, 0.29) is 0 Å². The van der Waals surface area contributed by atoms with Gasteiger partial charge in [-0.1, -0.05) is 48.5 Å². The van der Waals surface area contributed by atoms with Crippen molar-refractivity contribution in [2.24, 2.45) is 0 Å². The van der Waals surface area contributed by atoms with Gasteiger partial charge in [-0.05, 0) is 78.9 Å². The molecule has 0 saturated carbocycles. The number of pyridine rings is 1. The van der Waals surface area contributed by atoms with E-state index in [1.54, 1.807) is 6.20 Å². The van der Waals surface area contributed by atoms with Gasteiger partial charge in [0, 0.05) is 28.7 Å². The molecule has 0 unspecified atom stereocenters. The first-order chi connectivity index (χ1) is 22.7. The van der Waals surface area contributed by atoms with Crippen LogP contribution in [0.1, 0.15) is 0 Å². The zero-order valence-electron chi connectivity index (χ0n) is 24.2. The number of aromatic nitrogens is 4. The number of hydrogen-bond acceptors (Lipinski definition) is 8. The lowest BCUT2D eigenvalue weighted by Crippen LogP contribution is -2.10. The molecule has 9 aromatic rings. The van der Waals surface area contributed by atoms with E-state index in [0.29, 0.717) is 17.7 Å². The number of para-hydroxylation sites is 6. The topological polar surface area (TPSA) is 94.2 Å². The van der Waals surface area contributed by atoms with E-state index in [2.05, 4.69) is 22.0 Å². The largest absolute Gasteiger partial charge is 0.436 e. The van der Waals surface area contributed by atoms with Crippen molar-refractivity contribution in [1.29, 1.82) is 0 Å². The van der Waals surface area contributed by atoms with E-state index >= 15 is 0 Å². The number of rotatable bonds is 6. The van der Waals surface area contributed by atoms with Gasteiger partial charge >= 0.3 is 0 Å². The molecule has 9 rings (SSSR count). The van der Waals surface area contributed by atoms with Crippen molar-refractivity contribution in [2.75, 3.05) is 4.90 Å². The summed E-state index contributed by atoms with van der Waals surface area (Å²) in [5.41, 5.74) is 9.61. The fraction of sp³-hybridized carbons (Fsp3) is 0. The summed E-state index contributed by atoms with van der Waals surface area (Å²) in [7, 11) is 0. The Morgan fingerprint density at radius 3 is 1.30 bits per heavy atom. The molecule has 0 aliphatic heterocycles. The second-order valence-electron chi connectivity index (χ2n) is 10.8. The summed E-state index contributed by atoms with van der Waals surface area (Å²) in [6, 6.07) is 41.4. The van der Waals surface area contributed by atoms with Crippen LogP contribution in [0.25, 0.3) is 67.7 Å². The molecule has 218 valence electrons. The van der Waals surface area contributed by atoms with E-state index in [9.17, 15) is 0 Å². The zero-order valence-corrected chi connectivity index (χ0v) is 24.2. The zero-order chi connectivity index (χ0) is 30.5. The van der Waals surface area contributed by atoms with Crippen molar-refractivity contribution in [1.82, 2.24) is 19.9 Å². The van der Waals surface area contributed by atoms with Crippen molar-refractivity contribution in [3.8, 4) is 34.4 Å². The maximum Gasteiger partial charge on any atom is 0.228 e. The molecule has 0 N–H and O–H groups in total. The smallest absolute Gasteiger partial charge is 0.228 e. The lowest BCUT2D eigenvalue weighted by atomic mass is 10.1. The highest BCUT2D eigenvalue weighted by Gasteiger charge is 2.19. The normalized spacial score (nSPS) is 11.5. The Hall–Kier alpha value is -6.54. The van der Waals surface area contributed by atoms with Crippen LogP contribution >= 0.6 is 0 Å². The first-order valence-corrected chi connectivity index (χ1v) is 14.8. The summed E-state index contributed by atoms with van der Waals surface area (Å²) < 4.78 is 18.4. The third-order valence-corrected chi connectivity index (χ3v) is 7.81. The molecule has 0 fully saturated rings. The van der Waals surface area contributed by atoms with Gasteiger partial charge in [0.1, 0.15) is 16.6 Å². The van der Waals surface area contributed by atoms with E-state index in [1.165, 1.54) is 0 Å². The molecule has 0 bridgehead atoms. The Morgan fingerprint density at radius 1 is 0.391 bits per heavy atom. The first kappa shape index (κ1) is 25.9.